The van der Waals surface area contributed by atoms with Crippen molar-refractivity contribution in [3.8, 4) is 0 Å². The molecule has 4 nitrogen and oxygen atoms in total. The minimum absolute atomic E-state index is 0.0977. The fourth-order valence-corrected chi connectivity index (χ4v) is 2.22. The zero-order valence-corrected chi connectivity index (χ0v) is 11.7. The van der Waals surface area contributed by atoms with Crippen LogP contribution in [0.15, 0.2) is 0 Å². The van der Waals surface area contributed by atoms with E-state index in [0.29, 0.717) is 11.9 Å². The van der Waals surface area contributed by atoms with Crippen LogP contribution in [0.25, 0.3) is 0 Å². The van der Waals surface area contributed by atoms with Crippen LogP contribution in [0.2, 0.25) is 0 Å². The van der Waals surface area contributed by atoms with Gasteiger partial charge in [-0.1, -0.05) is 13.8 Å². The zero-order chi connectivity index (χ0) is 12.8. The molecule has 100 valence electrons. The summed E-state index contributed by atoms with van der Waals surface area (Å²) >= 11 is 0. The van der Waals surface area contributed by atoms with Gasteiger partial charge in [0.15, 0.2) is 0 Å². The molecule has 0 aromatic rings. The van der Waals surface area contributed by atoms with Gasteiger partial charge in [0.1, 0.15) is 0 Å². The molecule has 1 heterocycles. The van der Waals surface area contributed by atoms with Crippen LogP contribution in [0.5, 0.6) is 0 Å². The van der Waals surface area contributed by atoms with Gasteiger partial charge in [-0.2, -0.15) is 0 Å². The summed E-state index contributed by atoms with van der Waals surface area (Å²) in [5.41, 5.74) is 0. The number of nitrogens with zero attached hydrogens (tertiary/aromatic N) is 2. The summed E-state index contributed by atoms with van der Waals surface area (Å²) in [6, 6.07) is 0.589. The SMILES string of the molecule is CCNCC(C)C(=O)N1CCN(C(C)C)CC1. The van der Waals surface area contributed by atoms with Gasteiger partial charge in [0.2, 0.25) is 5.91 Å². The van der Waals surface area contributed by atoms with E-state index in [1.165, 1.54) is 0 Å². The lowest BCUT2D eigenvalue weighted by Gasteiger charge is -2.38. The fraction of sp³-hybridized carbons (Fsp3) is 0.923. The maximum absolute atomic E-state index is 12.1. The molecule has 0 aliphatic carbocycles. The molecule has 1 rings (SSSR count). The van der Waals surface area contributed by atoms with Crippen LogP contribution in [0.3, 0.4) is 0 Å². The van der Waals surface area contributed by atoms with Gasteiger partial charge >= 0.3 is 0 Å². The summed E-state index contributed by atoms with van der Waals surface area (Å²) in [6.45, 7) is 14.0. The molecule has 1 aliphatic heterocycles. The Hall–Kier alpha value is -0.610. The maximum Gasteiger partial charge on any atom is 0.226 e. The summed E-state index contributed by atoms with van der Waals surface area (Å²) in [6.07, 6.45) is 0. The van der Waals surface area contributed by atoms with Crippen molar-refractivity contribution >= 4 is 5.91 Å². The monoisotopic (exact) mass is 241 g/mol. The number of amides is 1. The second-order valence-corrected chi connectivity index (χ2v) is 5.16. The number of hydrogen-bond donors (Lipinski definition) is 1. The lowest BCUT2D eigenvalue weighted by Crippen LogP contribution is -2.52. The quantitative estimate of drug-likeness (QED) is 0.773. The molecule has 1 atom stereocenters. The van der Waals surface area contributed by atoms with Crippen molar-refractivity contribution < 1.29 is 4.79 Å². The maximum atomic E-state index is 12.1. The number of nitrogens with one attached hydrogen (secondary N) is 1. The van der Waals surface area contributed by atoms with Gasteiger partial charge in [0.25, 0.3) is 0 Å². The highest BCUT2D eigenvalue weighted by Crippen LogP contribution is 2.09. The number of hydrogen-bond acceptors (Lipinski definition) is 3. The van der Waals surface area contributed by atoms with Gasteiger partial charge in [-0.3, -0.25) is 9.69 Å². The first-order chi connectivity index (χ1) is 8.06. The van der Waals surface area contributed by atoms with Crippen LogP contribution >= 0.6 is 0 Å². The summed E-state index contributed by atoms with van der Waals surface area (Å²) < 4.78 is 0. The smallest absolute Gasteiger partial charge is 0.226 e. The van der Waals surface area contributed by atoms with Gasteiger partial charge in [0.05, 0.1) is 0 Å². The molecule has 1 unspecified atom stereocenters. The molecule has 4 heteroatoms. The van der Waals surface area contributed by atoms with E-state index in [1.807, 2.05) is 11.8 Å². The van der Waals surface area contributed by atoms with E-state index in [1.54, 1.807) is 0 Å². The van der Waals surface area contributed by atoms with E-state index in [0.717, 1.165) is 39.3 Å². The summed E-state index contributed by atoms with van der Waals surface area (Å²) in [5, 5.41) is 3.24. The highest BCUT2D eigenvalue weighted by atomic mass is 16.2. The van der Waals surface area contributed by atoms with Crippen LogP contribution in [0.1, 0.15) is 27.7 Å². The van der Waals surface area contributed by atoms with E-state index >= 15 is 0 Å². The Kier molecular flexibility index (Phi) is 5.92. The molecule has 0 saturated carbocycles. The molecule has 1 fully saturated rings. The minimum Gasteiger partial charge on any atom is -0.340 e. The van der Waals surface area contributed by atoms with Crippen molar-refractivity contribution in [2.24, 2.45) is 5.92 Å². The predicted molar refractivity (Wildman–Crippen MR) is 71.0 cm³/mol. The average Bonchev–Trinajstić information content (AvgIpc) is 2.35. The highest BCUT2D eigenvalue weighted by molar-refractivity contribution is 5.78. The lowest BCUT2D eigenvalue weighted by atomic mass is 10.1. The van der Waals surface area contributed by atoms with Gasteiger partial charge in [-0.05, 0) is 20.4 Å². The summed E-state index contributed by atoms with van der Waals surface area (Å²) in [5.74, 6) is 0.398. The molecule has 0 bridgehead atoms. The normalized spacial score (nSPS) is 19.7. The third-order valence-electron chi connectivity index (χ3n) is 3.48. The van der Waals surface area contributed by atoms with Crippen molar-refractivity contribution in [2.45, 2.75) is 33.7 Å². The molecular weight excluding hydrogens is 214 g/mol. The van der Waals surface area contributed by atoms with Crippen molar-refractivity contribution in [2.75, 3.05) is 39.3 Å². The van der Waals surface area contributed by atoms with Crippen LogP contribution in [0, 0.1) is 5.92 Å². The Morgan fingerprint density at radius 1 is 1.18 bits per heavy atom. The zero-order valence-electron chi connectivity index (χ0n) is 11.7. The Bertz CT molecular complexity index is 235. The van der Waals surface area contributed by atoms with E-state index in [-0.39, 0.29) is 5.92 Å². The first-order valence-electron chi connectivity index (χ1n) is 6.79. The Labute approximate surface area is 105 Å². The van der Waals surface area contributed by atoms with E-state index in [2.05, 4.69) is 31.0 Å². The van der Waals surface area contributed by atoms with Crippen molar-refractivity contribution in [3.05, 3.63) is 0 Å². The minimum atomic E-state index is 0.0977. The first-order valence-corrected chi connectivity index (χ1v) is 6.79. The standard InChI is InChI=1S/C13H27N3O/c1-5-14-10-12(4)13(17)16-8-6-15(7-9-16)11(2)3/h11-12,14H,5-10H2,1-4H3. The van der Waals surface area contributed by atoms with Gasteiger partial charge < -0.3 is 10.2 Å². The Balaban J connectivity index is 2.35. The molecule has 1 amide bonds. The van der Waals surface area contributed by atoms with Crippen LogP contribution in [-0.4, -0.2) is 61.0 Å². The summed E-state index contributed by atoms with van der Waals surface area (Å²) in [4.78, 5) is 16.6. The van der Waals surface area contributed by atoms with Crippen LogP contribution in [0.4, 0.5) is 0 Å². The largest absolute Gasteiger partial charge is 0.340 e. The Morgan fingerprint density at radius 3 is 2.24 bits per heavy atom. The van der Waals surface area contributed by atoms with E-state index in [9.17, 15) is 4.79 Å². The lowest BCUT2D eigenvalue weighted by molar-refractivity contribution is -0.136. The molecule has 1 saturated heterocycles. The first kappa shape index (κ1) is 14.5. The van der Waals surface area contributed by atoms with E-state index in [4.69, 9.17) is 0 Å². The van der Waals surface area contributed by atoms with Crippen molar-refractivity contribution in [3.63, 3.8) is 0 Å². The predicted octanol–water partition coefficient (Wildman–Crippen LogP) is 0.785. The molecule has 1 aliphatic rings. The van der Waals surface area contributed by atoms with Crippen molar-refractivity contribution in [1.82, 2.24) is 15.1 Å². The van der Waals surface area contributed by atoms with E-state index < -0.39 is 0 Å². The van der Waals surface area contributed by atoms with Crippen LogP contribution in [-0.2, 0) is 4.79 Å². The number of rotatable bonds is 5. The number of carbonyl (C=O) groups is 1. The molecule has 0 radical (unpaired) electrons. The number of piperazine rings is 1. The van der Waals surface area contributed by atoms with Gasteiger partial charge in [-0.15, -0.1) is 0 Å². The Morgan fingerprint density at radius 2 is 1.76 bits per heavy atom. The van der Waals surface area contributed by atoms with Gasteiger partial charge in [0, 0.05) is 44.7 Å². The molecule has 1 N–H and O–H groups in total. The molecule has 0 aromatic carbocycles. The summed E-state index contributed by atoms with van der Waals surface area (Å²) in [7, 11) is 0. The van der Waals surface area contributed by atoms with Gasteiger partial charge in [-0.25, -0.2) is 0 Å². The number of carbonyl (C=O) groups excluding carboxylic acids is 1. The second-order valence-electron chi connectivity index (χ2n) is 5.16. The molecule has 17 heavy (non-hydrogen) atoms. The third kappa shape index (κ3) is 4.28. The average molecular weight is 241 g/mol. The molecule has 0 spiro atoms. The second kappa shape index (κ2) is 6.97. The highest BCUT2D eigenvalue weighted by Gasteiger charge is 2.25. The van der Waals surface area contributed by atoms with Crippen LogP contribution < -0.4 is 5.32 Å². The third-order valence-corrected chi connectivity index (χ3v) is 3.48. The molecular formula is C13H27N3O. The fourth-order valence-electron chi connectivity index (χ4n) is 2.22. The molecule has 0 aromatic heterocycles. The van der Waals surface area contributed by atoms with Crippen molar-refractivity contribution in [1.29, 1.82) is 0 Å². The topological polar surface area (TPSA) is 35.6 Å².